The highest BCUT2D eigenvalue weighted by Gasteiger charge is 2.33. The van der Waals surface area contributed by atoms with Gasteiger partial charge in [-0.15, -0.1) is 0 Å². The number of nitrogens with zero attached hydrogens (tertiary/aromatic N) is 4. The summed E-state index contributed by atoms with van der Waals surface area (Å²) in [7, 11) is -2.85. The maximum absolute atomic E-state index is 12.5. The van der Waals surface area contributed by atoms with Crippen LogP contribution < -0.4 is 5.32 Å². The van der Waals surface area contributed by atoms with E-state index in [0.717, 1.165) is 51.3 Å². The number of piperazine rings is 1. The lowest BCUT2D eigenvalue weighted by atomic mass is 10.2. The first-order chi connectivity index (χ1) is 13.0. The fraction of sp³-hybridized carbons (Fsp3) is 0.778. The van der Waals surface area contributed by atoms with Gasteiger partial charge in [0, 0.05) is 38.3 Å². The zero-order chi connectivity index (χ0) is 18.9. The molecule has 3 fully saturated rings. The average Bonchev–Trinajstić information content (AvgIpc) is 3.36. The third kappa shape index (κ3) is 4.52. The minimum absolute atomic E-state index is 0.00774. The summed E-state index contributed by atoms with van der Waals surface area (Å²) >= 11 is 0. The summed E-state index contributed by atoms with van der Waals surface area (Å²) in [5.74, 6) is 1.39. The van der Waals surface area contributed by atoms with Crippen molar-refractivity contribution in [3.8, 4) is 0 Å². The van der Waals surface area contributed by atoms with Gasteiger partial charge in [0.2, 0.25) is 5.91 Å². The SMILES string of the molecule is O=C(CN1CCN([C@@H]2CCS(=O)(=O)C2)CC1)Nc1ccnn1C1CCCC1. The molecule has 1 aromatic heterocycles. The van der Waals surface area contributed by atoms with Crippen LogP contribution in [0.5, 0.6) is 0 Å². The summed E-state index contributed by atoms with van der Waals surface area (Å²) in [4.78, 5) is 16.9. The Labute approximate surface area is 160 Å². The largest absolute Gasteiger partial charge is 0.310 e. The molecule has 27 heavy (non-hydrogen) atoms. The van der Waals surface area contributed by atoms with Crippen LogP contribution >= 0.6 is 0 Å². The number of hydrogen-bond acceptors (Lipinski definition) is 6. The van der Waals surface area contributed by atoms with Crippen LogP contribution in [0, 0.1) is 0 Å². The average molecular weight is 396 g/mol. The number of rotatable bonds is 5. The molecule has 3 heterocycles. The van der Waals surface area contributed by atoms with Crippen LogP contribution in [0.1, 0.15) is 38.1 Å². The second kappa shape index (κ2) is 7.89. The number of aromatic nitrogens is 2. The van der Waals surface area contributed by atoms with Gasteiger partial charge in [0.25, 0.3) is 0 Å². The molecule has 2 saturated heterocycles. The van der Waals surface area contributed by atoms with Crippen LogP contribution in [0.15, 0.2) is 12.3 Å². The van der Waals surface area contributed by atoms with E-state index in [-0.39, 0.29) is 11.9 Å². The molecule has 3 aliphatic rings. The molecule has 1 N–H and O–H groups in total. The fourth-order valence-electron chi connectivity index (χ4n) is 4.59. The van der Waals surface area contributed by atoms with E-state index in [9.17, 15) is 13.2 Å². The Balaban J connectivity index is 1.25. The number of amides is 1. The van der Waals surface area contributed by atoms with E-state index in [1.54, 1.807) is 6.20 Å². The topological polar surface area (TPSA) is 87.5 Å². The normalized spacial score (nSPS) is 27.2. The van der Waals surface area contributed by atoms with Gasteiger partial charge in [-0.1, -0.05) is 12.8 Å². The zero-order valence-electron chi connectivity index (χ0n) is 15.7. The smallest absolute Gasteiger partial charge is 0.239 e. The first-order valence-electron chi connectivity index (χ1n) is 10.0. The molecule has 9 heteroatoms. The van der Waals surface area contributed by atoms with Crippen molar-refractivity contribution in [2.24, 2.45) is 0 Å². The van der Waals surface area contributed by atoms with Crippen molar-refractivity contribution >= 4 is 21.6 Å². The quantitative estimate of drug-likeness (QED) is 0.791. The monoisotopic (exact) mass is 395 g/mol. The van der Waals surface area contributed by atoms with Crippen LogP contribution in [-0.4, -0.2) is 84.2 Å². The molecule has 1 amide bonds. The van der Waals surface area contributed by atoms with Crippen molar-refractivity contribution < 1.29 is 13.2 Å². The summed E-state index contributed by atoms with van der Waals surface area (Å²) in [6, 6.07) is 2.43. The third-order valence-electron chi connectivity index (χ3n) is 6.11. The molecule has 0 aromatic carbocycles. The maximum atomic E-state index is 12.5. The fourth-order valence-corrected chi connectivity index (χ4v) is 6.35. The van der Waals surface area contributed by atoms with Gasteiger partial charge < -0.3 is 5.32 Å². The number of hydrogen-bond donors (Lipinski definition) is 1. The molecule has 0 spiro atoms. The Bertz CT molecular complexity index is 764. The number of carbonyl (C=O) groups excluding carboxylic acids is 1. The van der Waals surface area contributed by atoms with Crippen molar-refractivity contribution in [1.29, 1.82) is 0 Å². The molecule has 2 aliphatic heterocycles. The van der Waals surface area contributed by atoms with Gasteiger partial charge in [-0.2, -0.15) is 5.10 Å². The van der Waals surface area contributed by atoms with Crippen LogP contribution in [0.2, 0.25) is 0 Å². The van der Waals surface area contributed by atoms with Crippen LogP contribution in [0.25, 0.3) is 0 Å². The Morgan fingerprint density at radius 2 is 1.85 bits per heavy atom. The van der Waals surface area contributed by atoms with E-state index >= 15 is 0 Å². The summed E-state index contributed by atoms with van der Waals surface area (Å²) in [5.41, 5.74) is 0. The van der Waals surface area contributed by atoms with E-state index in [1.165, 1.54) is 12.8 Å². The highest BCUT2D eigenvalue weighted by molar-refractivity contribution is 7.91. The minimum Gasteiger partial charge on any atom is -0.310 e. The molecule has 0 radical (unpaired) electrons. The highest BCUT2D eigenvalue weighted by atomic mass is 32.2. The van der Waals surface area contributed by atoms with Gasteiger partial charge >= 0.3 is 0 Å². The zero-order valence-corrected chi connectivity index (χ0v) is 16.5. The Hall–Kier alpha value is -1.45. The first-order valence-corrected chi connectivity index (χ1v) is 11.8. The van der Waals surface area contributed by atoms with E-state index in [1.807, 2.05) is 10.7 Å². The lowest BCUT2D eigenvalue weighted by Gasteiger charge is -2.37. The van der Waals surface area contributed by atoms with Gasteiger partial charge in [-0.3, -0.25) is 14.6 Å². The molecule has 0 unspecified atom stereocenters. The molecule has 1 aliphatic carbocycles. The van der Waals surface area contributed by atoms with Crippen LogP contribution in [0.3, 0.4) is 0 Å². The molecule has 4 rings (SSSR count). The van der Waals surface area contributed by atoms with Gasteiger partial charge in [-0.25, -0.2) is 13.1 Å². The van der Waals surface area contributed by atoms with Crippen molar-refractivity contribution in [3.63, 3.8) is 0 Å². The summed E-state index contributed by atoms with van der Waals surface area (Å²) in [5, 5.41) is 7.42. The lowest BCUT2D eigenvalue weighted by molar-refractivity contribution is -0.117. The van der Waals surface area contributed by atoms with Crippen LogP contribution in [-0.2, 0) is 14.6 Å². The second-order valence-corrected chi connectivity index (χ2v) is 10.2. The third-order valence-corrected chi connectivity index (χ3v) is 7.86. The standard InChI is InChI=1S/C18H29N5O3S/c24-18(20-17-5-7-19-23(17)15-3-1-2-4-15)13-21-8-10-22(11-9-21)16-6-12-27(25,26)14-16/h5,7,15-16H,1-4,6,8-14H2,(H,20,24)/t16-/m1/s1. The molecule has 8 nitrogen and oxygen atoms in total. The predicted octanol–water partition coefficient (Wildman–Crippen LogP) is 0.741. The molecule has 150 valence electrons. The van der Waals surface area contributed by atoms with Crippen molar-refractivity contribution in [2.45, 2.75) is 44.2 Å². The molecule has 0 bridgehead atoms. The lowest BCUT2D eigenvalue weighted by Crippen LogP contribution is -2.52. The second-order valence-electron chi connectivity index (χ2n) is 8.02. The summed E-state index contributed by atoms with van der Waals surface area (Å²) < 4.78 is 25.3. The number of anilines is 1. The molecular formula is C18H29N5O3S. The Kier molecular flexibility index (Phi) is 5.52. The predicted molar refractivity (Wildman–Crippen MR) is 103 cm³/mol. The van der Waals surface area contributed by atoms with Crippen molar-refractivity contribution in [1.82, 2.24) is 19.6 Å². The maximum Gasteiger partial charge on any atom is 0.239 e. The summed E-state index contributed by atoms with van der Waals surface area (Å²) in [6.45, 7) is 3.62. The van der Waals surface area contributed by atoms with Gasteiger partial charge in [-0.05, 0) is 19.3 Å². The van der Waals surface area contributed by atoms with Gasteiger partial charge in [0.15, 0.2) is 9.84 Å². The van der Waals surface area contributed by atoms with E-state index in [4.69, 9.17) is 0 Å². The number of nitrogens with one attached hydrogen (secondary N) is 1. The Morgan fingerprint density at radius 3 is 2.52 bits per heavy atom. The minimum atomic E-state index is -2.85. The van der Waals surface area contributed by atoms with Gasteiger partial charge in [0.05, 0.1) is 30.3 Å². The first kappa shape index (κ1) is 18.9. The summed E-state index contributed by atoms with van der Waals surface area (Å²) in [6.07, 6.45) is 7.21. The van der Waals surface area contributed by atoms with Crippen molar-refractivity contribution in [2.75, 3.05) is 49.5 Å². The van der Waals surface area contributed by atoms with Gasteiger partial charge in [0.1, 0.15) is 5.82 Å². The van der Waals surface area contributed by atoms with E-state index in [0.29, 0.717) is 24.1 Å². The molecular weight excluding hydrogens is 366 g/mol. The van der Waals surface area contributed by atoms with E-state index in [2.05, 4.69) is 20.2 Å². The Morgan fingerprint density at radius 1 is 1.11 bits per heavy atom. The van der Waals surface area contributed by atoms with Crippen LogP contribution in [0.4, 0.5) is 5.82 Å². The van der Waals surface area contributed by atoms with E-state index < -0.39 is 9.84 Å². The molecule has 1 saturated carbocycles. The number of carbonyl (C=O) groups is 1. The number of sulfone groups is 1. The van der Waals surface area contributed by atoms with Crippen molar-refractivity contribution in [3.05, 3.63) is 12.3 Å². The highest BCUT2D eigenvalue weighted by Crippen LogP contribution is 2.31. The molecule has 1 atom stereocenters. The molecule has 1 aromatic rings.